The molecule has 2 aromatic rings. The van der Waals surface area contributed by atoms with E-state index in [2.05, 4.69) is 0 Å². The minimum Gasteiger partial charge on any atom is -0.294 e. The fraction of sp³-hybridized carbons (Fsp3) is 0.154. The summed E-state index contributed by atoms with van der Waals surface area (Å²) in [7, 11) is 0. The Labute approximate surface area is 83.4 Å². The van der Waals surface area contributed by atoms with E-state index in [0.29, 0.717) is 0 Å². The molecular weight excluding hydrogens is 172 g/mol. The molecule has 0 amide bonds. The summed E-state index contributed by atoms with van der Waals surface area (Å²) >= 11 is 0. The molecule has 0 spiro atoms. The van der Waals surface area contributed by atoms with E-state index in [1.165, 1.54) is 0 Å². The smallest absolute Gasteiger partial charge is 0.160 e. The Kier molecular flexibility index (Phi) is 2.08. The zero-order valence-corrected chi connectivity index (χ0v) is 8.37. The lowest BCUT2D eigenvalue weighted by atomic mass is 9.98. The molecule has 0 fully saturated rings. The molecule has 2 rings (SSSR count). The highest BCUT2D eigenvalue weighted by Crippen LogP contribution is 2.22. The second kappa shape index (κ2) is 3.26. The highest BCUT2D eigenvalue weighted by Gasteiger charge is 2.06. The van der Waals surface area contributed by atoms with E-state index in [1.807, 2.05) is 43.3 Å². The minimum atomic E-state index is 0.130. The Morgan fingerprint density at radius 1 is 1.07 bits per heavy atom. The molecule has 0 N–H and O–H groups in total. The number of hydrogen-bond acceptors (Lipinski definition) is 1. The highest BCUT2D eigenvalue weighted by atomic mass is 16.1. The number of rotatable bonds is 1. The van der Waals surface area contributed by atoms with Crippen molar-refractivity contribution in [1.82, 2.24) is 0 Å². The lowest BCUT2D eigenvalue weighted by molar-refractivity contribution is 0.101. The average Bonchev–Trinajstić information content (AvgIpc) is 2.17. The number of hydrogen-bond donors (Lipinski definition) is 0. The maximum Gasteiger partial charge on any atom is 0.160 e. The van der Waals surface area contributed by atoms with Gasteiger partial charge in [0.1, 0.15) is 0 Å². The van der Waals surface area contributed by atoms with E-state index in [0.717, 1.165) is 21.9 Å². The van der Waals surface area contributed by atoms with Crippen molar-refractivity contribution in [2.24, 2.45) is 0 Å². The number of aryl methyl sites for hydroxylation is 1. The topological polar surface area (TPSA) is 17.1 Å². The van der Waals surface area contributed by atoms with Gasteiger partial charge in [0.05, 0.1) is 0 Å². The maximum atomic E-state index is 11.4. The molecule has 2 aromatic carbocycles. The first-order chi connectivity index (χ1) is 6.70. The van der Waals surface area contributed by atoms with Gasteiger partial charge in [-0.25, -0.2) is 0 Å². The van der Waals surface area contributed by atoms with Crippen molar-refractivity contribution in [3.8, 4) is 0 Å². The molecule has 14 heavy (non-hydrogen) atoms. The van der Waals surface area contributed by atoms with E-state index in [-0.39, 0.29) is 5.78 Å². The first-order valence-corrected chi connectivity index (χ1v) is 4.69. The molecule has 0 atom stereocenters. The van der Waals surface area contributed by atoms with Gasteiger partial charge < -0.3 is 0 Å². The summed E-state index contributed by atoms with van der Waals surface area (Å²) < 4.78 is 0. The van der Waals surface area contributed by atoms with E-state index < -0.39 is 0 Å². The molecular formula is C13H12O. The van der Waals surface area contributed by atoms with Crippen molar-refractivity contribution in [3.63, 3.8) is 0 Å². The molecule has 0 unspecified atom stereocenters. The first kappa shape index (κ1) is 8.95. The molecule has 0 saturated heterocycles. The summed E-state index contributed by atoms with van der Waals surface area (Å²) in [6.45, 7) is 3.65. The maximum absolute atomic E-state index is 11.4. The summed E-state index contributed by atoms with van der Waals surface area (Å²) in [5.74, 6) is 0.130. The fourth-order valence-corrected chi connectivity index (χ4v) is 1.82. The molecule has 0 aromatic heterocycles. The normalized spacial score (nSPS) is 10.4. The minimum absolute atomic E-state index is 0.130. The molecule has 0 bridgehead atoms. The van der Waals surface area contributed by atoms with Crippen LogP contribution in [0.25, 0.3) is 10.8 Å². The standard InChI is InChI=1S/C13H12O/c1-9-5-3-6-11-7-4-8-12(10(2)14)13(9)11/h3-8H,1-2H3. The summed E-state index contributed by atoms with van der Waals surface area (Å²) in [5.41, 5.74) is 1.98. The summed E-state index contributed by atoms with van der Waals surface area (Å²) in [4.78, 5) is 11.4. The number of carbonyl (C=O) groups is 1. The lowest BCUT2D eigenvalue weighted by Gasteiger charge is -2.05. The van der Waals surface area contributed by atoms with Crippen LogP contribution in [0.1, 0.15) is 22.8 Å². The molecule has 0 aliphatic heterocycles. The summed E-state index contributed by atoms with van der Waals surface area (Å²) in [5, 5.41) is 2.22. The van der Waals surface area contributed by atoms with Crippen LogP contribution >= 0.6 is 0 Å². The Morgan fingerprint density at radius 3 is 2.36 bits per heavy atom. The van der Waals surface area contributed by atoms with Crippen molar-refractivity contribution in [1.29, 1.82) is 0 Å². The van der Waals surface area contributed by atoms with E-state index in [4.69, 9.17) is 0 Å². The van der Waals surface area contributed by atoms with Crippen molar-refractivity contribution in [2.45, 2.75) is 13.8 Å². The third kappa shape index (κ3) is 1.31. The summed E-state index contributed by atoms with van der Waals surface area (Å²) in [6, 6.07) is 11.9. The average molecular weight is 184 g/mol. The second-order valence-electron chi connectivity index (χ2n) is 3.53. The van der Waals surface area contributed by atoms with Crippen LogP contribution in [0.15, 0.2) is 36.4 Å². The SMILES string of the molecule is CC(=O)c1cccc2cccc(C)c12. The van der Waals surface area contributed by atoms with Crippen LogP contribution in [-0.4, -0.2) is 5.78 Å². The molecule has 0 saturated carbocycles. The third-order valence-corrected chi connectivity index (χ3v) is 2.49. The Morgan fingerprint density at radius 2 is 1.71 bits per heavy atom. The number of carbonyl (C=O) groups excluding carboxylic acids is 1. The van der Waals surface area contributed by atoms with Crippen LogP contribution < -0.4 is 0 Å². The Bertz CT molecular complexity index is 492. The van der Waals surface area contributed by atoms with Gasteiger partial charge in [0.15, 0.2) is 5.78 Å². The molecule has 0 aliphatic carbocycles. The van der Waals surface area contributed by atoms with Crippen LogP contribution in [0.2, 0.25) is 0 Å². The lowest BCUT2D eigenvalue weighted by Crippen LogP contribution is -1.94. The monoisotopic (exact) mass is 184 g/mol. The van der Waals surface area contributed by atoms with E-state index in [9.17, 15) is 4.79 Å². The van der Waals surface area contributed by atoms with Crippen LogP contribution in [0.3, 0.4) is 0 Å². The van der Waals surface area contributed by atoms with Gasteiger partial charge >= 0.3 is 0 Å². The molecule has 0 aliphatic rings. The zero-order chi connectivity index (χ0) is 10.1. The second-order valence-corrected chi connectivity index (χ2v) is 3.53. The van der Waals surface area contributed by atoms with Crippen LogP contribution in [0.4, 0.5) is 0 Å². The van der Waals surface area contributed by atoms with Gasteiger partial charge in [-0.3, -0.25) is 4.79 Å². The molecule has 0 radical (unpaired) electrons. The molecule has 1 heteroatoms. The number of benzene rings is 2. The van der Waals surface area contributed by atoms with Gasteiger partial charge in [0.2, 0.25) is 0 Å². The highest BCUT2D eigenvalue weighted by molar-refractivity contribution is 6.08. The van der Waals surface area contributed by atoms with Gasteiger partial charge in [-0.1, -0.05) is 36.4 Å². The largest absolute Gasteiger partial charge is 0.294 e. The predicted molar refractivity (Wildman–Crippen MR) is 58.7 cm³/mol. The van der Waals surface area contributed by atoms with Gasteiger partial charge in [-0.05, 0) is 30.2 Å². The first-order valence-electron chi connectivity index (χ1n) is 4.69. The van der Waals surface area contributed by atoms with Crippen LogP contribution in [-0.2, 0) is 0 Å². The number of ketones is 1. The van der Waals surface area contributed by atoms with Crippen molar-refractivity contribution in [2.75, 3.05) is 0 Å². The molecule has 0 heterocycles. The van der Waals surface area contributed by atoms with Crippen molar-refractivity contribution < 1.29 is 4.79 Å². The van der Waals surface area contributed by atoms with E-state index in [1.54, 1.807) is 6.92 Å². The quantitative estimate of drug-likeness (QED) is 0.621. The van der Waals surface area contributed by atoms with Crippen LogP contribution in [0, 0.1) is 6.92 Å². The third-order valence-electron chi connectivity index (χ3n) is 2.49. The van der Waals surface area contributed by atoms with Gasteiger partial charge in [-0.15, -0.1) is 0 Å². The molecule has 1 nitrogen and oxygen atoms in total. The van der Waals surface area contributed by atoms with Crippen molar-refractivity contribution >= 4 is 16.6 Å². The van der Waals surface area contributed by atoms with E-state index >= 15 is 0 Å². The number of fused-ring (bicyclic) bond motifs is 1. The van der Waals surface area contributed by atoms with Gasteiger partial charge in [0.25, 0.3) is 0 Å². The van der Waals surface area contributed by atoms with Crippen LogP contribution in [0.5, 0.6) is 0 Å². The fourth-order valence-electron chi connectivity index (χ4n) is 1.82. The number of Topliss-reactive ketones (excluding diaryl/α,β-unsaturated/α-hetero) is 1. The Balaban J connectivity index is 2.91. The van der Waals surface area contributed by atoms with Crippen molar-refractivity contribution in [3.05, 3.63) is 47.5 Å². The zero-order valence-electron chi connectivity index (χ0n) is 8.37. The van der Waals surface area contributed by atoms with Gasteiger partial charge in [-0.2, -0.15) is 0 Å². The van der Waals surface area contributed by atoms with Gasteiger partial charge in [0, 0.05) is 5.56 Å². The predicted octanol–water partition coefficient (Wildman–Crippen LogP) is 3.35. The Hall–Kier alpha value is -1.63. The summed E-state index contributed by atoms with van der Waals surface area (Å²) in [6.07, 6.45) is 0. The molecule has 70 valence electrons.